The molecule has 2 bridgehead atoms. The van der Waals surface area contributed by atoms with Gasteiger partial charge in [-0.3, -0.25) is 0 Å². The molecular formula is C21H19N. The first kappa shape index (κ1) is 12.4. The zero-order valence-corrected chi connectivity index (χ0v) is 12.8. The Hall–Kier alpha value is -2.15. The summed E-state index contributed by atoms with van der Waals surface area (Å²) >= 11 is 0. The SMILES string of the molecule is Cc1ccc(-c2nc3ccccc3c3c2C2CCC3C2)cc1. The van der Waals surface area contributed by atoms with Gasteiger partial charge in [0, 0.05) is 10.9 Å². The zero-order chi connectivity index (χ0) is 14.7. The summed E-state index contributed by atoms with van der Waals surface area (Å²) in [4.78, 5) is 5.07. The molecule has 1 fully saturated rings. The van der Waals surface area contributed by atoms with Crippen LogP contribution in [-0.4, -0.2) is 4.98 Å². The molecular weight excluding hydrogens is 266 g/mol. The van der Waals surface area contributed by atoms with Crippen LogP contribution in [0.15, 0.2) is 48.5 Å². The van der Waals surface area contributed by atoms with E-state index in [0.717, 1.165) is 17.4 Å². The van der Waals surface area contributed by atoms with Gasteiger partial charge in [0.1, 0.15) is 0 Å². The topological polar surface area (TPSA) is 12.9 Å². The predicted octanol–water partition coefficient (Wildman–Crippen LogP) is 5.57. The predicted molar refractivity (Wildman–Crippen MR) is 91.2 cm³/mol. The van der Waals surface area contributed by atoms with Crippen molar-refractivity contribution >= 4 is 10.9 Å². The van der Waals surface area contributed by atoms with E-state index in [-0.39, 0.29) is 0 Å². The van der Waals surface area contributed by atoms with E-state index in [9.17, 15) is 0 Å². The van der Waals surface area contributed by atoms with Gasteiger partial charge in [-0.15, -0.1) is 0 Å². The summed E-state index contributed by atoms with van der Waals surface area (Å²) in [6.07, 6.45) is 4.04. The Morgan fingerprint density at radius 3 is 2.41 bits per heavy atom. The van der Waals surface area contributed by atoms with Crippen molar-refractivity contribution in [2.45, 2.75) is 38.0 Å². The van der Waals surface area contributed by atoms with Crippen molar-refractivity contribution in [3.63, 3.8) is 0 Å². The molecule has 3 aromatic rings. The lowest BCUT2D eigenvalue weighted by molar-refractivity contribution is 0.720. The molecule has 2 aliphatic carbocycles. The van der Waals surface area contributed by atoms with Gasteiger partial charge in [-0.05, 0) is 55.2 Å². The highest BCUT2D eigenvalue weighted by atomic mass is 14.7. The van der Waals surface area contributed by atoms with E-state index in [1.54, 1.807) is 11.1 Å². The van der Waals surface area contributed by atoms with Gasteiger partial charge in [0.15, 0.2) is 0 Å². The van der Waals surface area contributed by atoms with Crippen molar-refractivity contribution in [2.75, 3.05) is 0 Å². The van der Waals surface area contributed by atoms with Crippen LogP contribution in [0, 0.1) is 6.92 Å². The molecule has 0 radical (unpaired) electrons. The third-order valence-corrected chi connectivity index (χ3v) is 5.55. The average Bonchev–Trinajstić information content (AvgIpc) is 3.17. The maximum Gasteiger partial charge on any atom is 0.0747 e. The molecule has 0 amide bonds. The molecule has 108 valence electrons. The molecule has 0 aliphatic heterocycles. The van der Waals surface area contributed by atoms with Gasteiger partial charge in [0.2, 0.25) is 0 Å². The fourth-order valence-corrected chi connectivity index (χ4v) is 4.54. The van der Waals surface area contributed by atoms with Gasteiger partial charge in [-0.25, -0.2) is 4.98 Å². The number of benzene rings is 2. The van der Waals surface area contributed by atoms with Gasteiger partial charge in [-0.1, -0.05) is 48.0 Å². The number of hydrogen-bond acceptors (Lipinski definition) is 1. The molecule has 1 heteroatoms. The lowest BCUT2D eigenvalue weighted by Gasteiger charge is -2.21. The molecule has 22 heavy (non-hydrogen) atoms. The summed E-state index contributed by atoms with van der Waals surface area (Å²) in [6.45, 7) is 2.14. The van der Waals surface area contributed by atoms with E-state index in [1.807, 2.05) is 0 Å². The van der Waals surface area contributed by atoms with E-state index in [2.05, 4.69) is 55.5 Å². The largest absolute Gasteiger partial charge is 0.247 e. The number of nitrogens with zero attached hydrogens (tertiary/aromatic N) is 1. The van der Waals surface area contributed by atoms with Gasteiger partial charge in [0.05, 0.1) is 11.2 Å². The second-order valence-electron chi connectivity index (χ2n) is 6.88. The number of rotatable bonds is 1. The van der Waals surface area contributed by atoms with Crippen LogP contribution in [0.2, 0.25) is 0 Å². The summed E-state index contributed by atoms with van der Waals surface area (Å²) in [6, 6.07) is 17.6. The standard InChI is InChI=1S/C21H19N/c1-13-6-8-14(9-7-13)21-20-16-11-10-15(12-16)19(20)17-4-2-3-5-18(17)22-21/h2-9,15-16H,10-12H2,1H3. The first-order chi connectivity index (χ1) is 10.8. The highest BCUT2D eigenvalue weighted by Gasteiger charge is 2.40. The van der Waals surface area contributed by atoms with E-state index in [4.69, 9.17) is 4.98 Å². The molecule has 1 aromatic heterocycles. The average molecular weight is 285 g/mol. The number of aryl methyl sites for hydroxylation is 1. The summed E-state index contributed by atoms with van der Waals surface area (Å²) in [5, 5.41) is 1.39. The summed E-state index contributed by atoms with van der Waals surface area (Å²) in [5.74, 6) is 1.49. The molecule has 0 spiro atoms. The second-order valence-corrected chi connectivity index (χ2v) is 6.88. The molecule has 2 atom stereocenters. The fourth-order valence-electron chi connectivity index (χ4n) is 4.54. The second kappa shape index (κ2) is 4.42. The molecule has 1 saturated carbocycles. The molecule has 1 nitrogen and oxygen atoms in total. The highest BCUT2D eigenvalue weighted by Crippen LogP contribution is 2.57. The van der Waals surface area contributed by atoms with E-state index in [1.165, 1.54) is 41.5 Å². The van der Waals surface area contributed by atoms with E-state index < -0.39 is 0 Å². The normalized spacial score (nSPS) is 22.2. The Labute approximate surface area is 131 Å². The van der Waals surface area contributed by atoms with E-state index in [0.29, 0.717) is 0 Å². The van der Waals surface area contributed by atoms with Gasteiger partial charge in [-0.2, -0.15) is 0 Å². The lowest BCUT2D eigenvalue weighted by Crippen LogP contribution is -2.04. The van der Waals surface area contributed by atoms with Crippen LogP contribution in [0.4, 0.5) is 0 Å². The van der Waals surface area contributed by atoms with Crippen LogP contribution >= 0.6 is 0 Å². The Bertz CT molecular complexity index is 876. The van der Waals surface area contributed by atoms with Crippen molar-refractivity contribution in [3.8, 4) is 11.3 Å². The third-order valence-electron chi connectivity index (χ3n) is 5.55. The van der Waals surface area contributed by atoms with Crippen molar-refractivity contribution in [1.29, 1.82) is 0 Å². The van der Waals surface area contributed by atoms with Crippen molar-refractivity contribution < 1.29 is 0 Å². The van der Waals surface area contributed by atoms with Crippen LogP contribution in [0.5, 0.6) is 0 Å². The van der Waals surface area contributed by atoms with Crippen LogP contribution < -0.4 is 0 Å². The quantitative estimate of drug-likeness (QED) is 0.569. The number of pyridine rings is 1. The molecule has 5 rings (SSSR count). The zero-order valence-electron chi connectivity index (χ0n) is 12.8. The first-order valence-electron chi connectivity index (χ1n) is 8.31. The lowest BCUT2D eigenvalue weighted by atomic mass is 9.86. The molecule has 0 saturated heterocycles. The van der Waals surface area contributed by atoms with Crippen LogP contribution in [0.3, 0.4) is 0 Å². The number of fused-ring (bicyclic) bond motifs is 7. The Morgan fingerprint density at radius 1 is 0.864 bits per heavy atom. The van der Waals surface area contributed by atoms with Crippen LogP contribution in [0.1, 0.15) is 47.8 Å². The summed E-state index contributed by atoms with van der Waals surface area (Å²) < 4.78 is 0. The monoisotopic (exact) mass is 285 g/mol. The smallest absolute Gasteiger partial charge is 0.0747 e. The highest BCUT2D eigenvalue weighted by molar-refractivity contribution is 5.89. The maximum absolute atomic E-state index is 5.07. The molecule has 2 aromatic carbocycles. The van der Waals surface area contributed by atoms with Gasteiger partial charge < -0.3 is 0 Å². The molecule has 2 unspecified atom stereocenters. The first-order valence-corrected chi connectivity index (χ1v) is 8.31. The van der Waals surface area contributed by atoms with Crippen LogP contribution in [-0.2, 0) is 0 Å². The molecule has 1 heterocycles. The minimum absolute atomic E-state index is 0.730. The van der Waals surface area contributed by atoms with Crippen molar-refractivity contribution in [2.24, 2.45) is 0 Å². The van der Waals surface area contributed by atoms with Crippen molar-refractivity contribution in [1.82, 2.24) is 4.98 Å². The van der Waals surface area contributed by atoms with Gasteiger partial charge >= 0.3 is 0 Å². The third kappa shape index (κ3) is 1.62. The van der Waals surface area contributed by atoms with Crippen LogP contribution in [0.25, 0.3) is 22.2 Å². The number of para-hydroxylation sites is 1. The number of aromatic nitrogens is 1. The minimum atomic E-state index is 0.730. The Balaban J connectivity index is 1.86. The number of hydrogen-bond donors (Lipinski definition) is 0. The minimum Gasteiger partial charge on any atom is -0.247 e. The van der Waals surface area contributed by atoms with Gasteiger partial charge in [0.25, 0.3) is 0 Å². The van der Waals surface area contributed by atoms with Crippen molar-refractivity contribution in [3.05, 3.63) is 65.2 Å². The van der Waals surface area contributed by atoms with E-state index >= 15 is 0 Å². The summed E-state index contributed by atoms with van der Waals surface area (Å²) in [5.41, 5.74) is 8.14. The summed E-state index contributed by atoms with van der Waals surface area (Å²) in [7, 11) is 0. The fraction of sp³-hybridized carbons (Fsp3) is 0.286. The maximum atomic E-state index is 5.07. The Morgan fingerprint density at radius 2 is 1.59 bits per heavy atom. The molecule has 2 aliphatic rings. The Kier molecular flexibility index (Phi) is 2.49. The molecule has 0 N–H and O–H groups in total.